The van der Waals surface area contributed by atoms with Crippen LogP contribution >= 0.6 is 0 Å². The lowest BCUT2D eigenvalue weighted by molar-refractivity contribution is -0.150. The van der Waals surface area contributed by atoms with Crippen molar-refractivity contribution in [3.05, 3.63) is 11.8 Å². The zero-order valence-electron chi connectivity index (χ0n) is 8.58. The summed E-state index contributed by atoms with van der Waals surface area (Å²) in [5.41, 5.74) is 0.0543. The largest absolute Gasteiger partial charge is 0.382 e. The van der Waals surface area contributed by atoms with Crippen molar-refractivity contribution in [2.24, 2.45) is 0 Å². The minimum Gasteiger partial charge on any atom is -0.382 e. The van der Waals surface area contributed by atoms with Crippen molar-refractivity contribution < 1.29 is 15.0 Å². The van der Waals surface area contributed by atoms with Crippen LogP contribution in [0.1, 0.15) is 33.1 Å². The molecule has 0 saturated carbocycles. The number of rotatable bonds is 4. The molecule has 4 heteroatoms. The summed E-state index contributed by atoms with van der Waals surface area (Å²) < 4.78 is 0. The first kappa shape index (κ1) is 11.2. The molecule has 1 unspecified atom stereocenters. The van der Waals surface area contributed by atoms with Gasteiger partial charge >= 0.3 is 0 Å². The number of nitrogens with one attached hydrogen (secondary N) is 1. The van der Waals surface area contributed by atoms with E-state index in [0.717, 1.165) is 12.8 Å². The van der Waals surface area contributed by atoms with Crippen LogP contribution in [-0.4, -0.2) is 27.8 Å². The van der Waals surface area contributed by atoms with Crippen LogP contribution < -0.4 is 5.32 Å². The second-order valence-corrected chi connectivity index (χ2v) is 3.70. The van der Waals surface area contributed by atoms with Crippen molar-refractivity contribution in [1.82, 2.24) is 5.32 Å². The van der Waals surface area contributed by atoms with E-state index in [0.29, 0.717) is 6.42 Å². The maximum Gasteiger partial charge on any atom is 0.215 e. The van der Waals surface area contributed by atoms with E-state index < -0.39 is 11.8 Å². The Hall–Kier alpha value is -0.870. The number of carbonyl (C=O) groups excluding carboxylic acids is 1. The Morgan fingerprint density at radius 1 is 1.64 bits per heavy atom. The van der Waals surface area contributed by atoms with Gasteiger partial charge in [-0.1, -0.05) is 19.8 Å². The Kier molecular flexibility index (Phi) is 3.29. The van der Waals surface area contributed by atoms with E-state index >= 15 is 0 Å². The summed E-state index contributed by atoms with van der Waals surface area (Å²) >= 11 is 0. The van der Waals surface area contributed by atoms with Gasteiger partial charge in [0, 0.05) is 6.20 Å². The maximum absolute atomic E-state index is 11.1. The van der Waals surface area contributed by atoms with E-state index in [2.05, 4.69) is 5.32 Å². The molecule has 1 aliphatic heterocycles. The predicted molar refractivity (Wildman–Crippen MR) is 52.4 cm³/mol. The van der Waals surface area contributed by atoms with Crippen molar-refractivity contribution in [3.63, 3.8) is 0 Å². The number of hydrogen-bond acceptors (Lipinski definition) is 4. The van der Waals surface area contributed by atoms with Gasteiger partial charge in [-0.25, -0.2) is 0 Å². The van der Waals surface area contributed by atoms with Crippen molar-refractivity contribution in [3.8, 4) is 0 Å². The third kappa shape index (κ3) is 1.96. The fraction of sp³-hybridized carbons (Fsp3) is 0.700. The standard InChI is InChI=1S/C10H17NO3/c1-3-4-5-9-10(13,14)8(6-11-9)7(2)12/h6,9,11,13-14H,3-5H2,1-2H3. The molecule has 1 rings (SSSR count). The molecular weight excluding hydrogens is 182 g/mol. The first-order chi connectivity index (χ1) is 6.50. The van der Waals surface area contributed by atoms with Crippen LogP contribution in [0, 0.1) is 0 Å². The number of ketones is 1. The second-order valence-electron chi connectivity index (χ2n) is 3.70. The van der Waals surface area contributed by atoms with E-state index in [-0.39, 0.29) is 11.4 Å². The molecule has 0 fully saturated rings. The molecule has 80 valence electrons. The minimum atomic E-state index is -2.00. The first-order valence-electron chi connectivity index (χ1n) is 4.92. The van der Waals surface area contributed by atoms with Crippen LogP contribution in [0.2, 0.25) is 0 Å². The lowest BCUT2D eigenvalue weighted by atomic mass is 9.96. The fourth-order valence-electron chi connectivity index (χ4n) is 1.65. The summed E-state index contributed by atoms with van der Waals surface area (Å²) in [7, 11) is 0. The highest BCUT2D eigenvalue weighted by Crippen LogP contribution is 2.27. The van der Waals surface area contributed by atoms with E-state index in [1.165, 1.54) is 13.1 Å². The number of unbranched alkanes of at least 4 members (excludes halogenated alkanes) is 1. The van der Waals surface area contributed by atoms with Gasteiger partial charge in [-0.05, 0) is 13.3 Å². The monoisotopic (exact) mass is 199 g/mol. The number of Topliss-reactive ketones (excluding diaryl/α,β-unsaturated/α-hetero) is 1. The van der Waals surface area contributed by atoms with Crippen LogP contribution in [-0.2, 0) is 4.79 Å². The first-order valence-corrected chi connectivity index (χ1v) is 4.92. The molecular formula is C10H17NO3. The number of hydrogen-bond donors (Lipinski definition) is 3. The average Bonchev–Trinajstić information content (AvgIpc) is 2.37. The van der Waals surface area contributed by atoms with Gasteiger partial charge < -0.3 is 15.5 Å². The van der Waals surface area contributed by atoms with Crippen molar-refractivity contribution in [2.75, 3.05) is 0 Å². The van der Waals surface area contributed by atoms with Gasteiger partial charge in [0.25, 0.3) is 0 Å². The maximum atomic E-state index is 11.1. The van der Waals surface area contributed by atoms with E-state index in [1.54, 1.807) is 0 Å². The van der Waals surface area contributed by atoms with Gasteiger partial charge in [-0.15, -0.1) is 0 Å². The van der Waals surface area contributed by atoms with Crippen LogP contribution in [0.25, 0.3) is 0 Å². The molecule has 0 aromatic heterocycles. The molecule has 1 aliphatic rings. The average molecular weight is 199 g/mol. The normalized spacial score (nSPS) is 24.3. The summed E-state index contributed by atoms with van der Waals surface area (Å²) in [5, 5.41) is 22.3. The molecule has 0 radical (unpaired) electrons. The molecule has 14 heavy (non-hydrogen) atoms. The van der Waals surface area contributed by atoms with Gasteiger partial charge in [-0.3, -0.25) is 4.79 Å². The van der Waals surface area contributed by atoms with Crippen molar-refractivity contribution in [2.45, 2.75) is 44.9 Å². The molecule has 0 bridgehead atoms. The third-order valence-corrected chi connectivity index (χ3v) is 2.54. The fourth-order valence-corrected chi connectivity index (χ4v) is 1.65. The zero-order valence-corrected chi connectivity index (χ0v) is 8.58. The highest BCUT2D eigenvalue weighted by Gasteiger charge is 2.43. The van der Waals surface area contributed by atoms with Gasteiger partial charge in [-0.2, -0.15) is 0 Å². The molecule has 3 N–H and O–H groups in total. The topological polar surface area (TPSA) is 69.6 Å². The molecule has 1 heterocycles. The molecule has 0 amide bonds. The predicted octanol–water partition coefficient (Wildman–Crippen LogP) is 0.302. The van der Waals surface area contributed by atoms with E-state index in [1.807, 2.05) is 6.92 Å². The smallest absolute Gasteiger partial charge is 0.215 e. The Bertz CT molecular complexity index is 258. The lowest BCUT2D eigenvalue weighted by Crippen LogP contribution is -2.46. The van der Waals surface area contributed by atoms with Crippen molar-refractivity contribution in [1.29, 1.82) is 0 Å². The third-order valence-electron chi connectivity index (χ3n) is 2.54. The summed E-state index contributed by atoms with van der Waals surface area (Å²) in [6.07, 6.45) is 3.95. The van der Waals surface area contributed by atoms with Gasteiger partial charge in [0.15, 0.2) is 5.78 Å². The number of aliphatic hydroxyl groups is 2. The molecule has 0 aromatic carbocycles. The van der Waals surface area contributed by atoms with Crippen LogP contribution in [0.15, 0.2) is 11.8 Å². The molecule has 1 atom stereocenters. The Balaban J connectivity index is 2.67. The molecule has 0 saturated heterocycles. The quantitative estimate of drug-likeness (QED) is 0.570. The molecule has 0 spiro atoms. The van der Waals surface area contributed by atoms with Gasteiger partial charge in [0.05, 0.1) is 11.6 Å². The SMILES string of the molecule is CCCCC1NC=C(C(C)=O)C1(O)O. The Morgan fingerprint density at radius 2 is 2.29 bits per heavy atom. The molecule has 4 nitrogen and oxygen atoms in total. The second kappa shape index (κ2) is 4.11. The van der Waals surface area contributed by atoms with Crippen molar-refractivity contribution >= 4 is 5.78 Å². The highest BCUT2D eigenvalue weighted by atomic mass is 16.5. The Morgan fingerprint density at radius 3 is 2.71 bits per heavy atom. The van der Waals surface area contributed by atoms with Crippen LogP contribution in [0.3, 0.4) is 0 Å². The lowest BCUT2D eigenvalue weighted by Gasteiger charge is -2.25. The summed E-state index contributed by atoms with van der Waals surface area (Å²) in [6, 6.07) is -0.457. The minimum absolute atomic E-state index is 0.0543. The van der Waals surface area contributed by atoms with Gasteiger partial charge in [0.2, 0.25) is 5.79 Å². The molecule has 0 aromatic rings. The zero-order chi connectivity index (χ0) is 10.8. The Labute approximate surface area is 83.6 Å². The number of carbonyl (C=O) groups is 1. The van der Waals surface area contributed by atoms with E-state index in [4.69, 9.17) is 0 Å². The summed E-state index contributed by atoms with van der Waals surface area (Å²) in [4.78, 5) is 11.1. The molecule has 0 aliphatic carbocycles. The van der Waals surface area contributed by atoms with Crippen LogP contribution in [0.4, 0.5) is 0 Å². The van der Waals surface area contributed by atoms with Gasteiger partial charge in [0.1, 0.15) is 0 Å². The summed E-state index contributed by atoms with van der Waals surface area (Å²) in [5.74, 6) is -2.30. The summed E-state index contributed by atoms with van der Waals surface area (Å²) in [6.45, 7) is 3.36. The van der Waals surface area contributed by atoms with Crippen LogP contribution in [0.5, 0.6) is 0 Å². The highest BCUT2D eigenvalue weighted by molar-refractivity contribution is 5.95. The van der Waals surface area contributed by atoms with E-state index in [9.17, 15) is 15.0 Å².